The lowest BCUT2D eigenvalue weighted by atomic mass is 10.2. The number of aromatic nitrogens is 2. The van der Waals surface area contributed by atoms with Crippen molar-refractivity contribution in [1.82, 2.24) is 9.78 Å². The van der Waals surface area contributed by atoms with E-state index >= 15 is 0 Å². The minimum atomic E-state index is 0.145. The molecule has 3 nitrogen and oxygen atoms in total. The third-order valence-electron chi connectivity index (χ3n) is 2.73. The van der Waals surface area contributed by atoms with Gasteiger partial charge < -0.3 is 5.73 Å². The average Bonchev–Trinajstić information content (AvgIpc) is 2.74. The molecule has 1 unspecified atom stereocenters. The van der Waals surface area contributed by atoms with E-state index in [-0.39, 0.29) is 6.04 Å². The van der Waals surface area contributed by atoms with Crippen molar-refractivity contribution in [2.75, 3.05) is 5.75 Å². The van der Waals surface area contributed by atoms with Crippen LogP contribution in [0.2, 0.25) is 0 Å². The molecule has 0 bridgehead atoms. The summed E-state index contributed by atoms with van der Waals surface area (Å²) in [6.45, 7) is 2.10. The van der Waals surface area contributed by atoms with Gasteiger partial charge in [0.15, 0.2) is 0 Å². The van der Waals surface area contributed by atoms with Gasteiger partial charge in [-0.2, -0.15) is 5.10 Å². The number of benzene rings is 1. The molecule has 0 amide bonds. The van der Waals surface area contributed by atoms with Crippen LogP contribution in [0.15, 0.2) is 41.4 Å². The highest BCUT2D eigenvalue weighted by Crippen LogP contribution is 2.19. The molecule has 1 heterocycles. The summed E-state index contributed by atoms with van der Waals surface area (Å²) in [7, 11) is 1.93. The summed E-state index contributed by atoms with van der Waals surface area (Å²) in [6.07, 6.45) is 2.79. The highest BCUT2D eigenvalue weighted by molar-refractivity contribution is 7.99. The Morgan fingerprint density at radius 3 is 2.61 bits per heavy atom. The van der Waals surface area contributed by atoms with E-state index in [4.69, 9.17) is 5.73 Å². The number of hydrogen-bond acceptors (Lipinski definition) is 3. The van der Waals surface area contributed by atoms with E-state index in [0.717, 1.165) is 17.9 Å². The first kappa shape index (κ1) is 13.2. The number of hydrogen-bond donors (Lipinski definition) is 1. The third kappa shape index (κ3) is 3.89. The fraction of sp³-hybridized carbons (Fsp3) is 0.357. The second-order valence-corrected chi connectivity index (χ2v) is 5.66. The standard InChI is InChI=1S/C14H19N3S/c1-11-3-5-14(6-4-11)18-10-12(15)9-13-7-8-17(2)16-13/h3-8,12H,9-10,15H2,1-2H3. The van der Waals surface area contributed by atoms with E-state index in [9.17, 15) is 0 Å². The molecule has 2 rings (SSSR count). The fourth-order valence-corrected chi connectivity index (χ4v) is 2.59. The first-order valence-electron chi connectivity index (χ1n) is 6.07. The number of rotatable bonds is 5. The molecule has 2 N–H and O–H groups in total. The molecular weight excluding hydrogens is 242 g/mol. The molecule has 1 aromatic carbocycles. The molecule has 96 valence electrons. The molecule has 0 spiro atoms. The molecule has 0 saturated heterocycles. The molecule has 0 fully saturated rings. The van der Waals surface area contributed by atoms with E-state index in [2.05, 4.69) is 36.3 Å². The van der Waals surface area contributed by atoms with Crippen LogP contribution < -0.4 is 5.73 Å². The molecule has 0 aliphatic carbocycles. The summed E-state index contributed by atoms with van der Waals surface area (Å²) in [5.41, 5.74) is 8.48. The predicted octanol–water partition coefficient (Wildman–Crippen LogP) is 2.39. The Bertz CT molecular complexity index is 490. The zero-order valence-electron chi connectivity index (χ0n) is 10.8. The van der Waals surface area contributed by atoms with E-state index in [1.807, 2.05) is 24.0 Å². The van der Waals surface area contributed by atoms with Crippen LogP contribution in [-0.2, 0) is 13.5 Å². The van der Waals surface area contributed by atoms with Gasteiger partial charge in [-0.25, -0.2) is 0 Å². The maximum atomic E-state index is 6.12. The number of thioether (sulfide) groups is 1. The van der Waals surface area contributed by atoms with E-state index in [1.54, 1.807) is 11.8 Å². The van der Waals surface area contributed by atoms with Crippen molar-refractivity contribution >= 4 is 11.8 Å². The van der Waals surface area contributed by atoms with Crippen LogP contribution in [0.25, 0.3) is 0 Å². The molecule has 1 atom stereocenters. The number of nitrogens with zero attached hydrogens (tertiary/aromatic N) is 2. The summed E-state index contributed by atoms with van der Waals surface area (Å²) in [6, 6.07) is 10.7. The van der Waals surface area contributed by atoms with E-state index < -0.39 is 0 Å². The van der Waals surface area contributed by atoms with Gasteiger partial charge in [-0.1, -0.05) is 17.7 Å². The minimum Gasteiger partial charge on any atom is -0.327 e. The normalized spacial score (nSPS) is 12.6. The Kier molecular flexibility index (Phi) is 4.44. The van der Waals surface area contributed by atoms with E-state index in [1.165, 1.54) is 10.5 Å². The van der Waals surface area contributed by atoms with Crippen molar-refractivity contribution in [1.29, 1.82) is 0 Å². The summed E-state index contributed by atoms with van der Waals surface area (Å²) in [4.78, 5) is 1.28. The minimum absolute atomic E-state index is 0.145. The molecule has 0 radical (unpaired) electrons. The van der Waals surface area contributed by atoms with Gasteiger partial charge in [-0.15, -0.1) is 11.8 Å². The second kappa shape index (κ2) is 6.07. The van der Waals surface area contributed by atoms with Gasteiger partial charge in [0.1, 0.15) is 0 Å². The lowest BCUT2D eigenvalue weighted by molar-refractivity contribution is 0.691. The SMILES string of the molecule is Cc1ccc(SCC(N)Cc2ccn(C)n2)cc1. The Balaban J connectivity index is 1.81. The summed E-state index contributed by atoms with van der Waals surface area (Å²) >= 11 is 1.80. The molecule has 0 aliphatic heterocycles. The Labute approximate surface area is 112 Å². The summed E-state index contributed by atoms with van der Waals surface area (Å²) in [5.74, 6) is 0.916. The molecule has 0 saturated carbocycles. The Hall–Kier alpha value is -1.26. The number of aryl methyl sites for hydroxylation is 2. The van der Waals surface area contributed by atoms with Gasteiger partial charge in [-0.05, 0) is 25.1 Å². The zero-order chi connectivity index (χ0) is 13.0. The summed E-state index contributed by atoms with van der Waals surface area (Å²) < 4.78 is 1.81. The highest BCUT2D eigenvalue weighted by atomic mass is 32.2. The van der Waals surface area contributed by atoms with Crippen LogP contribution in [-0.4, -0.2) is 21.6 Å². The van der Waals surface area contributed by atoms with Crippen molar-refractivity contribution in [3.63, 3.8) is 0 Å². The maximum absolute atomic E-state index is 6.12. The Morgan fingerprint density at radius 1 is 1.28 bits per heavy atom. The van der Waals surface area contributed by atoms with Crippen LogP contribution in [0.4, 0.5) is 0 Å². The third-order valence-corrected chi connectivity index (χ3v) is 3.93. The average molecular weight is 261 g/mol. The van der Waals surface area contributed by atoms with Gasteiger partial charge >= 0.3 is 0 Å². The maximum Gasteiger partial charge on any atom is 0.0640 e. The van der Waals surface area contributed by atoms with Crippen molar-refractivity contribution in [3.8, 4) is 0 Å². The molecular formula is C14H19N3S. The zero-order valence-corrected chi connectivity index (χ0v) is 11.7. The van der Waals surface area contributed by atoms with Crippen molar-refractivity contribution in [3.05, 3.63) is 47.8 Å². The highest BCUT2D eigenvalue weighted by Gasteiger charge is 2.07. The molecule has 1 aromatic heterocycles. The van der Waals surface area contributed by atoms with Gasteiger partial charge in [-0.3, -0.25) is 4.68 Å². The lowest BCUT2D eigenvalue weighted by Gasteiger charge is -2.09. The van der Waals surface area contributed by atoms with Crippen LogP contribution in [0.5, 0.6) is 0 Å². The van der Waals surface area contributed by atoms with Crippen molar-refractivity contribution < 1.29 is 0 Å². The van der Waals surface area contributed by atoms with Crippen molar-refractivity contribution in [2.24, 2.45) is 12.8 Å². The smallest absolute Gasteiger partial charge is 0.0640 e. The fourth-order valence-electron chi connectivity index (χ4n) is 1.74. The largest absolute Gasteiger partial charge is 0.327 e. The van der Waals surface area contributed by atoms with Crippen LogP contribution in [0.1, 0.15) is 11.3 Å². The molecule has 18 heavy (non-hydrogen) atoms. The Morgan fingerprint density at radius 2 is 2.00 bits per heavy atom. The monoisotopic (exact) mass is 261 g/mol. The summed E-state index contributed by atoms with van der Waals surface area (Å²) in [5, 5.41) is 4.34. The molecule has 0 aliphatic rings. The van der Waals surface area contributed by atoms with Gasteiger partial charge in [0.25, 0.3) is 0 Å². The first-order valence-corrected chi connectivity index (χ1v) is 7.05. The van der Waals surface area contributed by atoms with Gasteiger partial charge in [0, 0.05) is 36.4 Å². The van der Waals surface area contributed by atoms with Gasteiger partial charge in [0.05, 0.1) is 5.69 Å². The topological polar surface area (TPSA) is 43.8 Å². The predicted molar refractivity (Wildman–Crippen MR) is 76.8 cm³/mol. The van der Waals surface area contributed by atoms with Crippen LogP contribution in [0, 0.1) is 6.92 Å². The van der Waals surface area contributed by atoms with Crippen LogP contribution >= 0.6 is 11.8 Å². The van der Waals surface area contributed by atoms with Crippen LogP contribution in [0.3, 0.4) is 0 Å². The molecule has 4 heteroatoms. The first-order chi connectivity index (χ1) is 8.63. The lowest BCUT2D eigenvalue weighted by Crippen LogP contribution is -2.25. The second-order valence-electron chi connectivity index (χ2n) is 4.57. The molecule has 2 aromatic rings. The quantitative estimate of drug-likeness (QED) is 0.841. The van der Waals surface area contributed by atoms with Gasteiger partial charge in [0.2, 0.25) is 0 Å². The van der Waals surface area contributed by atoms with Crippen molar-refractivity contribution in [2.45, 2.75) is 24.3 Å². The number of nitrogens with two attached hydrogens (primary N) is 1. The van der Waals surface area contributed by atoms with E-state index in [0.29, 0.717) is 0 Å².